The van der Waals surface area contributed by atoms with Crippen molar-refractivity contribution in [3.05, 3.63) is 29.8 Å². The van der Waals surface area contributed by atoms with Gasteiger partial charge in [0.15, 0.2) is 0 Å². The second-order valence-corrected chi connectivity index (χ2v) is 5.99. The van der Waals surface area contributed by atoms with E-state index in [0.717, 1.165) is 18.2 Å². The number of anilines is 1. The van der Waals surface area contributed by atoms with Crippen LogP contribution in [0.2, 0.25) is 0 Å². The number of likely N-dealkylation sites (tertiary alicyclic amines) is 1. The van der Waals surface area contributed by atoms with Crippen LogP contribution in [0.15, 0.2) is 24.3 Å². The fourth-order valence-electron chi connectivity index (χ4n) is 2.72. The van der Waals surface area contributed by atoms with Crippen molar-refractivity contribution >= 4 is 11.7 Å². The Morgan fingerprint density at radius 2 is 1.95 bits per heavy atom. The molecule has 1 aromatic carbocycles. The van der Waals surface area contributed by atoms with Crippen LogP contribution in [0.3, 0.4) is 0 Å². The summed E-state index contributed by atoms with van der Waals surface area (Å²) in [6.07, 6.45) is 2.55. The summed E-state index contributed by atoms with van der Waals surface area (Å²) in [6.45, 7) is 5.64. The van der Waals surface area contributed by atoms with E-state index in [0.29, 0.717) is 6.04 Å². The fraction of sp³-hybridized carbons (Fsp3) is 0.562. The predicted molar refractivity (Wildman–Crippen MR) is 86.3 cm³/mol. The minimum absolute atomic E-state index is 0.312. The van der Waals surface area contributed by atoms with Gasteiger partial charge in [-0.1, -0.05) is 12.1 Å². The number of nitrogens with zero attached hydrogens (tertiary/aromatic N) is 1. The van der Waals surface area contributed by atoms with Gasteiger partial charge < -0.3 is 21.3 Å². The van der Waals surface area contributed by atoms with Crippen molar-refractivity contribution in [2.45, 2.75) is 25.8 Å². The summed E-state index contributed by atoms with van der Waals surface area (Å²) in [5.41, 5.74) is 7.05. The quantitative estimate of drug-likeness (QED) is 0.778. The van der Waals surface area contributed by atoms with Gasteiger partial charge >= 0.3 is 6.03 Å². The Hall–Kier alpha value is -1.59. The van der Waals surface area contributed by atoms with Gasteiger partial charge in [-0.25, -0.2) is 4.79 Å². The molecule has 0 bridgehead atoms. The second-order valence-electron chi connectivity index (χ2n) is 5.99. The van der Waals surface area contributed by atoms with E-state index in [1.807, 2.05) is 24.3 Å². The Kier molecular flexibility index (Phi) is 5.59. The molecular formula is C16H26N4O. The molecule has 0 spiro atoms. The van der Waals surface area contributed by atoms with Crippen LogP contribution in [0.25, 0.3) is 0 Å². The Morgan fingerprint density at radius 1 is 1.33 bits per heavy atom. The molecule has 1 heterocycles. The van der Waals surface area contributed by atoms with Gasteiger partial charge in [-0.15, -0.1) is 0 Å². The third-order valence-electron chi connectivity index (χ3n) is 4.23. The number of nitrogens with one attached hydrogen (secondary N) is 2. The zero-order valence-electron chi connectivity index (χ0n) is 12.9. The van der Waals surface area contributed by atoms with E-state index in [1.54, 1.807) is 0 Å². The third kappa shape index (κ3) is 5.02. The van der Waals surface area contributed by atoms with E-state index in [2.05, 4.69) is 29.5 Å². The van der Waals surface area contributed by atoms with Crippen molar-refractivity contribution in [1.29, 1.82) is 0 Å². The molecule has 0 aliphatic carbocycles. The SMILES string of the molecule is CC(NCC1CCN(C)CC1)c1ccc(NC(N)=O)cc1. The molecule has 1 aromatic rings. The summed E-state index contributed by atoms with van der Waals surface area (Å²) in [7, 11) is 2.19. The lowest BCUT2D eigenvalue weighted by atomic mass is 9.96. The summed E-state index contributed by atoms with van der Waals surface area (Å²) < 4.78 is 0. The highest BCUT2D eigenvalue weighted by Crippen LogP contribution is 2.19. The van der Waals surface area contributed by atoms with E-state index in [4.69, 9.17) is 5.73 Å². The smallest absolute Gasteiger partial charge is 0.316 e. The van der Waals surface area contributed by atoms with Crippen LogP contribution in [0.4, 0.5) is 10.5 Å². The molecule has 1 saturated heterocycles. The van der Waals surface area contributed by atoms with Crippen LogP contribution in [-0.4, -0.2) is 37.6 Å². The van der Waals surface area contributed by atoms with Crippen LogP contribution < -0.4 is 16.4 Å². The average molecular weight is 290 g/mol. The molecule has 2 amide bonds. The summed E-state index contributed by atoms with van der Waals surface area (Å²) >= 11 is 0. The van der Waals surface area contributed by atoms with Gasteiger partial charge in [0, 0.05) is 11.7 Å². The number of carbonyl (C=O) groups excluding carboxylic acids is 1. The Morgan fingerprint density at radius 3 is 2.52 bits per heavy atom. The van der Waals surface area contributed by atoms with Gasteiger partial charge in [0.1, 0.15) is 0 Å². The number of piperidine rings is 1. The maximum atomic E-state index is 10.8. The second kappa shape index (κ2) is 7.43. The maximum absolute atomic E-state index is 10.8. The molecule has 1 unspecified atom stereocenters. The molecule has 21 heavy (non-hydrogen) atoms. The molecule has 1 aliphatic heterocycles. The van der Waals surface area contributed by atoms with E-state index in [1.165, 1.54) is 31.5 Å². The summed E-state index contributed by atoms with van der Waals surface area (Å²) in [4.78, 5) is 13.2. The molecule has 5 nitrogen and oxygen atoms in total. The minimum atomic E-state index is -0.531. The van der Waals surface area contributed by atoms with Crippen molar-refractivity contribution < 1.29 is 4.79 Å². The lowest BCUT2D eigenvalue weighted by Gasteiger charge is -2.30. The highest BCUT2D eigenvalue weighted by Gasteiger charge is 2.17. The lowest BCUT2D eigenvalue weighted by molar-refractivity contribution is 0.213. The van der Waals surface area contributed by atoms with Gasteiger partial charge in [0.25, 0.3) is 0 Å². The first-order valence-corrected chi connectivity index (χ1v) is 7.63. The Bertz CT molecular complexity index is 452. The Labute approximate surface area is 126 Å². The molecule has 4 N–H and O–H groups in total. The molecule has 1 fully saturated rings. The average Bonchev–Trinajstić information content (AvgIpc) is 2.46. The number of urea groups is 1. The third-order valence-corrected chi connectivity index (χ3v) is 4.23. The van der Waals surface area contributed by atoms with Gasteiger partial charge in [-0.2, -0.15) is 0 Å². The molecule has 0 saturated carbocycles. The van der Waals surface area contributed by atoms with Gasteiger partial charge in [0.05, 0.1) is 0 Å². The number of hydrogen-bond donors (Lipinski definition) is 3. The topological polar surface area (TPSA) is 70.4 Å². The zero-order chi connectivity index (χ0) is 15.2. The monoisotopic (exact) mass is 290 g/mol. The largest absolute Gasteiger partial charge is 0.351 e. The molecule has 1 atom stereocenters. The molecule has 2 rings (SSSR count). The van der Waals surface area contributed by atoms with Crippen LogP contribution in [0.1, 0.15) is 31.4 Å². The van der Waals surface area contributed by atoms with E-state index < -0.39 is 6.03 Å². The number of hydrogen-bond acceptors (Lipinski definition) is 3. The number of nitrogens with two attached hydrogens (primary N) is 1. The number of amides is 2. The first-order valence-electron chi connectivity index (χ1n) is 7.63. The minimum Gasteiger partial charge on any atom is -0.351 e. The molecule has 0 aromatic heterocycles. The van der Waals surface area contributed by atoms with Gasteiger partial charge in [-0.05, 0) is 70.1 Å². The first-order chi connectivity index (χ1) is 10.0. The van der Waals surface area contributed by atoms with Crippen molar-refractivity contribution in [3.8, 4) is 0 Å². The standard InChI is InChI=1S/C16H26N4O/c1-12(18-11-13-7-9-20(2)10-8-13)14-3-5-15(6-4-14)19-16(17)21/h3-6,12-13,18H,7-11H2,1-2H3,(H3,17,19,21). The summed E-state index contributed by atoms with van der Waals surface area (Å²) in [5, 5.41) is 6.19. The van der Waals surface area contributed by atoms with Crippen LogP contribution in [-0.2, 0) is 0 Å². The van der Waals surface area contributed by atoms with Gasteiger partial charge in [-0.3, -0.25) is 0 Å². The maximum Gasteiger partial charge on any atom is 0.316 e. The number of benzene rings is 1. The van der Waals surface area contributed by atoms with Crippen LogP contribution >= 0.6 is 0 Å². The molecule has 0 radical (unpaired) electrons. The molecular weight excluding hydrogens is 264 g/mol. The van der Waals surface area contributed by atoms with Crippen LogP contribution in [0, 0.1) is 5.92 Å². The fourth-order valence-corrected chi connectivity index (χ4v) is 2.72. The van der Waals surface area contributed by atoms with Gasteiger partial charge in [0.2, 0.25) is 0 Å². The molecule has 5 heteroatoms. The van der Waals surface area contributed by atoms with Crippen molar-refractivity contribution in [1.82, 2.24) is 10.2 Å². The van der Waals surface area contributed by atoms with E-state index in [9.17, 15) is 4.79 Å². The van der Waals surface area contributed by atoms with E-state index in [-0.39, 0.29) is 0 Å². The highest BCUT2D eigenvalue weighted by atomic mass is 16.2. The van der Waals surface area contributed by atoms with Crippen LogP contribution in [0.5, 0.6) is 0 Å². The predicted octanol–water partition coefficient (Wildman–Crippen LogP) is 2.17. The van der Waals surface area contributed by atoms with Crippen molar-refractivity contribution in [3.63, 3.8) is 0 Å². The number of primary amides is 1. The normalized spacial score (nSPS) is 18.4. The highest BCUT2D eigenvalue weighted by molar-refractivity contribution is 5.87. The summed E-state index contributed by atoms with van der Waals surface area (Å²) in [6, 6.07) is 7.60. The number of carbonyl (C=O) groups is 1. The summed E-state index contributed by atoms with van der Waals surface area (Å²) in [5.74, 6) is 0.777. The van der Waals surface area contributed by atoms with Crippen molar-refractivity contribution in [2.75, 3.05) is 32.0 Å². The zero-order valence-corrected chi connectivity index (χ0v) is 12.9. The first kappa shape index (κ1) is 15.8. The number of rotatable bonds is 5. The Balaban J connectivity index is 1.80. The molecule has 1 aliphatic rings. The van der Waals surface area contributed by atoms with Crippen molar-refractivity contribution in [2.24, 2.45) is 11.7 Å². The van der Waals surface area contributed by atoms with E-state index >= 15 is 0 Å². The molecule has 116 valence electrons. The lowest BCUT2D eigenvalue weighted by Crippen LogP contribution is -2.35.